The van der Waals surface area contributed by atoms with E-state index in [2.05, 4.69) is 16.9 Å². The third-order valence-corrected chi connectivity index (χ3v) is 4.79. The Balaban J connectivity index is 2.07. The second-order valence-electron chi connectivity index (χ2n) is 6.94. The summed E-state index contributed by atoms with van der Waals surface area (Å²) in [5.74, 6) is -0.342. The number of pyridine rings is 1. The highest BCUT2D eigenvalue weighted by molar-refractivity contribution is 6.19. The van der Waals surface area contributed by atoms with Crippen LogP contribution in [-0.2, 0) is 17.6 Å². The lowest BCUT2D eigenvalue weighted by Gasteiger charge is -2.08. The number of esters is 1. The zero-order valence-corrected chi connectivity index (χ0v) is 16.0. The Labute approximate surface area is 157 Å². The number of aryl methyl sites for hydroxylation is 2. The van der Waals surface area contributed by atoms with Gasteiger partial charge in [-0.05, 0) is 38.8 Å². The van der Waals surface area contributed by atoms with Gasteiger partial charge >= 0.3 is 5.97 Å². The molecule has 3 aromatic heterocycles. The molecule has 0 saturated heterocycles. The van der Waals surface area contributed by atoms with Crippen molar-refractivity contribution in [2.24, 2.45) is 0 Å². The number of hydrogen-bond acceptors (Lipinski definition) is 4. The maximum atomic E-state index is 12.6. The van der Waals surface area contributed by atoms with Crippen molar-refractivity contribution in [3.05, 3.63) is 41.5 Å². The normalized spacial score (nSPS) is 11.7. The highest BCUT2D eigenvalue weighted by Crippen LogP contribution is 2.33. The number of nitrogens with one attached hydrogen (secondary N) is 2. The molecule has 4 rings (SSSR count). The molecule has 0 aliphatic rings. The van der Waals surface area contributed by atoms with Crippen LogP contribution in [0.5, 0.6) is 0 Å². The number of carbonyl (C=O) groups excluding carboxylic acids is 1. The van der Waals surface area contributed by atoms with Crippen LogP contribution in [0.2, 0.25) is 0 Å². The first-order valence-corrected chi connectivity index (χ1v) is 9.38. The molecule has 6 heteroatoms. The van der Waals surface area contributed by atoms with Crippen molar-refractivity contribution in [3.63, 3.8) is 0 Å². The second kappa shape index (κ2) is 6.61. The van der Waals surface area contributed by atoms with Crippen LogP contribution in [0.15, 0.2) is 24.5 Å². The van der Waals surface area contributed by atoms with Crippen LogP contribution >= 0.6 is 0 Å². The Bertz CT molecular complexity index is 1180. The first kappa shape index (κ1) is 17.4. The Kier molecular flexibility index (Phi) is 4.26. The molecule has 6 nitrogen and oxygen atoms in total. The summed E-state index contributed by atoms with van der Waals surface area (Å²) in [6, 6.07) is 4.01. The van der Waals surface area contributed by atoms with Crippen molar-refractivity contribution in [1.82, 2.24) is 15.0 Å². The minimum Gasteiger partial charge on any atom is -0.455 e. The van der Waals surface area contributed by atoms with Gasteiger partial charge in [-0.3, -0.25) is 4.98 Å². The van der Waals surface area contributed by atoms with Crippen LogP contribution in [0.1, 0.15) is 49.4 Å². The standard InChI is InChI=1S/C21H22N4O2/c1-5-12-9-22-20-15(24-12)8-7-14-18(20)17-13(6-2)19(21(26)27-11(3)4)23-10-16(17)25-14/h7-11,24H,5-6H2,1-4H3/p+1. The highest BCUT2D eigenvalue weighted by atomic mass is 16.5. The van der Waals surface area contributed by atoms with Crippen LogP contribution in [-0.4, -0.2) is 27.0 Å². The summed E-state index contributed by atoms with van der Waals surface area (Å²) in [6.07, 6.45) is 5.05. The number of nitrogens with zero attached hydrogens (tertiary/aromatic N) is 2. The third-order valence-electron chi connectivity index (χ3n) is 4.79. The maximum absolute atomic E-state index is 12.6. The lowest BCUT2D eigenvalue weighted by molar-refractivity contribution is -0.382. The van der Waals surface area contributed by atoms with Crippen LogP contribution in [0, 0.1) is 0 Å². The van der Waals surface area contributed by atoms with Crippen molar-refractivity contribution in [3.8, 4) is 0 Å². The topological polar surface area (TPSA) is 82.0 Å². The van der Waals surface area contributed by atoms with E-state index in [9.17, 15) is 4.79 Å². The van der Waals surface area contributed by atoms with Crippen molar-refractivity contribution in [1.29, 1.82) is 0 Å². The zero-order valence-electron chi connectivity index (χ0n) is 16.0. The van der Waals surface area contributed by atoms with Crippen LogP contribution in [0.4, 0.5) is 0 Å². The van der Waals surface area contributed by atoms with E-state index in [1.807, 2.05) is 39.1 Å². The van der Waals surface area contributed by atoms with Gasteiger partial charge < -0.3 is 9.72 Å². The highest BCUT2D eigenvalue weighted by Gasteiger charge is 2.26. The maximum Gasteiger partial charge on any atom is 0.404 e. The molecule has 0 radical (unpaired) electrons. The summed E-state index contributed by atoms with van der Waals surface area (Å²) >= 11 is 0. The van der Waals surface area contributed by atoms with E-state index in [1.54, 1.807) is 6.20 Å². The molecule has 0 aliphatic heterocycles. The van der Waals surface area contributed by atoms with Gasteiger partial charge in [0.1, 0.15) is 5.52 Å². The van der Waals surface area contributed by atoms with E-state index in [4.69, 9.17) is 14.7 Å². The fourth-order valence-corrected chi connectivity index (χ4v) is 3.57. The number of carbonyl (C=O) groups is 1. The van der Waals surface area contributed by atoms with Gasteiger partial charge in [0, 0.05) is 28.2 Å². The van der Waals surface area contributed by atoms with Crippen molar-refractivity contribution in [2.45, 2.75) is 46.6 Å². The number of rotatable bonds is 4. The van der Waals surface area contributed by atoms with E-state index < -0.39 is 0 Å². The fourth-order valence-electron chi connectivity index (χ4n) is 3.57. The second-order valence-corrected chi connectivity index (χ2v) is 6.94. The summed E-state index contributed by atoms with van der Waals surface area (Å²) in [6.45, 7) is 7.82. The Morgan fingerprint density at radius 1 is 1.19 bits per heavy atom. The van der Waals surface area contributed by atoms with Gasteiger partial charge in [-0.2, -0.15) is 0 Å². The fraction of sp³-hybridized carbons (Fsp3) is 0.333. The molecule has 0 spiro atoms. The molecular weight excluding hydrogens is 340 g/mol. The lowest BCUT2D eigenvalue weighted by Crippen LogP contribution is -2.24. The van der Waals surface area contributed by atoms with Gasteiger partial charge in [0.2, 0.25) is 0 Å². The van der Waals surface area contributed by atoms with Gasteiger partial charge in [-0.25, -0.2) is 14.8 Å². The molecule has 0 unspecified atom stereocenters. The average molecular weight is 363 g/mol. The number of ether oxygens (including phenoxy) is 1. The minimum absolute atomic E-state index is 0.176. The lowest BCUT2D eigenvalue weighted by atomic mass is 10.0. The van der Waals surface area contributed by atoms with E-state index in [0.717, 1.165) is 50.5 Å². The molecule has 0 atom stereocenters. The molecule has 3 heterocycles. The molecule has 0 fully saturated rings. The average Bonchev–Trinajstić information content (AvgIpc) is 3.05. The first-order valence-electron chi connectivity index (χ1n) is 9.38. The molecule has 4 aromatic rings. The monoisotopic (exact) mass is 363 g/mol. The van der Waals surface area contributed by atoms with Crippen molar-refractivity contribution < 1.29 is 14.5 Å². The molecule has 1 aromatic carbocycles. The summed E-state index contributed by atoms with van der Waals surface area (Å²) < 4.78 is 5.42. The van der Waals surface area contributed by atoms with Crippen LogP contribution in [0.25, 0.3) is 32.8 Å². The molecule has 0 saturated carbocycles. The first-order chi connectivity index (χ1) is 13.0. The van der Waals surface area contributed by atoms with Gasteiger partial charge in [-0.15, -0.1) is 0 Å². The smallest absolute Gasteiger partial charge is 0.404 e. The van der Waals surface area contributed by atoms with Crippen molar-refractivity contribution in [2.75, 3.05) is 0 Å². The molecule has 0 aliphatic carbocycles. The quantitative estimate of drug-likeness (QED) is 0.560. The summed E-state index contributed by atoms with van der Waals surface area (Å²) in [5.41, 5.74) is 6.02. The molecular formula is C21H23N4O2+. The summed E-state index contributed by atoms with van der Waals surface area (Å²) in [7, 11) is 0. The summed E-state index contributed by atoms with van der Waals surface area (Å²) in [4.78, 5) is 28.6. The Hall–Kier alpha value is -3.02. The predicted octanol–water partition coefficient (Wildman–Crippen LogP) is 3.77. The molecule has 0 bridgehead atoms. The van der Waals surface area contributed by atoms with E-state index >= 15 is 0 Å². The van der Waals surface area contributed by atoms with Crippen LogP contribution in [0.3, 0.4) is 0 Å². The summed E-state index contributed by atoms with van der Waals surface area (Å²) in [5, 5.41) is 1.95. The van der Waals surface area contributed by atoms with Crippen LogP contribution < -0.4 is 4.98 Å². The number of H-pyrrole nitrogens is 2. The molecule has 138 valence electrons. The Morgan fingerprint density at radius 2 is 2.00 bits per heavy atom. The van der Waals surface area contributed by atoms with E-state index in [1.165, 1.54) is 0 Å². The largest absolute Gasteiger partial charge is 0.455 e. The van der Waals surface area contributed by atoms with Gasteiger partial charge in [-0.1, -0.05) is 13.8 Å². The number of aromatic amines is 2. The molecule has 0 amide bonds. The zero-order chi connectivity index (χ0) is 19.1. The number of benzene rings is 1. The minimum atomic E-state index is -0.342. The van der Waals surface area contributed by atoms with E-state index in [0.29, 0.717) is 12.1 Å². The van der Waals surface area contributed by atoms with E-state index in [-0.39, 0.29) is 12.1 Å². The molecule has 2 N–H and O–H groups in total. The number of hydrogen-bond donors (Lipinski definition) is 1. The SMILES string of the molecule is CCc1cnc2c(ccc3nc4c[nH+]c(C(=O)OC(C)C)c(CC)c4c32)[nH]1. The van der Waals surface area contributed by atoms with Gasteiger partial charge in [0.05, 0.1) is 22.7 Å². The predicted molar refractivity (Wildman–Crippen MR) is 105 cm³/mol. The Morgan fingerprint density at radius 3 is 2.70 bits per heavy atom. The van der Waals surface area contributed by atoms with Gasteiger partial charge in [0.15, 0.2) is 6.20 Å². The number of fused-ring (bicyclic) bond motifs is 5. The van der Waals surface area contributed by atoms with Crippen molar-refractivity contribution >= 4 is 38.8 Å². The van der Waals surface area contributed by atoms with Gasteiger partial charge in [0.25, 0.3) is 5.69 Å². The number of aromatic nitrogens is 4. The third kappa shape index (κ3) is 2.81. The molecule has 27 heavy (non-hydrogen) atoms.